The molecule has 5 nitrogen and oxygen atoms in total. The highest BCUT2D eigenvalue weighted by molar-refractivity contribution is 7.98. The molecule has 0 aromatic heterocycles. The minimum atomic E-state index is -4.22. The zero-order valence-corrected chi connectivity index (χ0v) is 13.8. The Labute approximate surface area is 138 Å². The third-order valence-electron chi connectivity index (χ3n) is 3.42. The molecule has 0 aromatic rings. The number of nitrogens with one attached hydrogen (secondary N) is 1. The molecular formula is C14H24F3NO4S. The van der Waals surface area contributed by atoms with Crippen molar-refractivity contribution >= 4 is 11.9 Å². The molecule has 23 heavy (non-hydrogen) atoms. The molecule has 3 unspecified atom stereocenters. The lowest BCUT2D eigenvalue weighted by atomic mass is 10.1. The first-order valence-electron chi connectivity index (χ1n) is 7.93. The molecule has 0 aromatic carbocycles. The molecule has 2 aliphatic heterocycles. The summed E-state index contributed by atoms with van der Waals surface area (Å²) in [5, 5.41) is 0. The highest BCUT2D eigenvalue weighted by atomic mass is 32.2. The van der Waals surface area contributed by atoms with Gasteiger partial charge in [-0.3, -0.25) is 4.72 Å². The van der Waals surface area contributed by atoms with Crippen molar-refractivity contribution in [3.63, 3.8) is 0 Å². The van der Waals surface area contributed by atoms with E-state index in [2.05, 4.69) is 4.72 Å². The van der Waals surface area contributed by atoms with Crippen LogP contribution in [0, 0.1) is 0 Å². The summed E-state index contributed by atoms with van der Waals surface area (Å²) in [6, 6.07) is 0. The van der Waals surface area contributed by atoms with Crippen LogP contribution in [-0.2, 0) is 18.9 Å². The Hall–Kier alpha value is -0.0600. The Kier molecular flexibility index (Phi) is 8.42. The van der Waals surface area contributed by atoms with Gasteiger partial charge in [-0.05, 0) is 12.8 Å². The maximum atomic E-state index is 11.9. The molecule has 0 saturated carbocycles. The van der Waals surface area contributed by atoms with E-state index in [0.717, 1.165) is 32.5 Å². The molecule has 0 aliphatic carbocycles. The van der Waals surface area contributed by atoms with E-state index in [-0.39, 0.29) is 30.3 Å². The van der Waals surface area contributed by atoms with E-state index < -0.39 is 5.51 Å². The molecule has 2 aliphatic rings. The van der Waals surface area contributed by atoms with E-state index in [1.54, 1.807) is 0 Å². The van der Waals surface area contributed by atoms with E-state index in [0.29, 0.717) is 32.8 Å². The van der Waals surface area contributed by atoms with Crippen LogP contribution in [-0.4, -0.2) is 63.4 Å². The molecule has 0 spiro atoms. The van der Waals surface area contributed by atoms with Crippen molar-refractivity contribution in [2.45, 2.75) is 49.5 Å². The van der Waals surface area contributed by atoms with Crippen LogP contribution in [0.1, 0.15) is 25.7 Å². The Bertz CT molecular complexity index is 328. The van der Waals surface area contributed by atoms with Gasteiger partial charge < -0.3 is 18.9 Å². The van der Waals surface area contributed by atoms with Gasteiger partial charge in [-0.25, -0.2) is 0 Å². The summed E-state index contributed by atoms with van der Waals surface area (Å²) >= 11 is -0.185. The minimum absolute atomic E-state index is 0.00968. The van der Waals surface area contributed by atoms with Gasteiger partial charge in [-0.2, -0.15) is 13.2 Å². The van der Waals surface area contributed by atoms with Crippen LogP contribution in [0.15, 0.2) is 0 Å². The predicted octanol–water partition coefficient (Wildman–Crippen LogP) is 2.50. The number of halogens is 3. The number of hydrogen-bond acceptors (Lipinski definition) is 6. The van der Waals surface area contributed by atoms with Gasteiger partial charge in [0, 0.05) is 18.5 Å². The van der Waals surface area contributed by atoms with E-state index in [4.69, 9.17) is 18.9 Å². The van der Waals surface area contributed by atoms with E-state index in [1.807, 2.05) is 0 Å². The first kappa shape index (κ1) is 19.3. The molecule has 0 amide bonds. The third kappa shape index (κ3) is 11.2. The lowest BCUT2D eigenvalue weighted by Crippen LogP contribution is -2.23. The van der Waals surface area contributed by atoms with Crippen LogP contribution in [0.3, 0.4) is 0 Å². The Balaban J connectivity index is 1.46. The largest absolute Gasteiger partial charge is 0.456 e. The van der Waals surface area contributed by atoms with Gasteiger partial charge in [0.2, 0.25) is 0 Å². The summed E-state index contributed by atoms with van der Waals surface area (Å²) in [4.78, 5) is 0. The molecule has 0 radical (unpaired) electrons. The molecule has 9 heteroatoms. The van der Waals surface area contributed by atoms with Crippen molar-refractivity contribution in [1.82, 2.24) is 4.72 Å². The molecule has 1 N–H and O–H groups in total. The van der Waals surface area contributed by atoms with E-state index >= 15 is 0 Å². The topological polar surface area (TPSA) is 55.5 Å². The van der Waals surface area contributed by atoms with Crippen molar-refractivity contribution in [2.24, 2.45) is 0 Å². The monoisotopic (exact) mass is 359 g/mol. The summed E-state index contributed by atoms with van der Waals surface area (Å²) in [6.07, 6.45) is 3.76. The van der Waals surface area contributed by atoms with Crippen molar-refractivity contribution in [1.29, 1.82) is 0 Å². The molecule has 136 valence electrons. The van der Waals surface area contributed by atoms with Crippen LogP contribution >= 0.6 is 11.9 Å². The van der Waals surface area contributed by atoms with Gasteiger partial charge in [-0.15, -0.1) is 0 Å². The Morgan fingerprint density at radius 3 is 2.43 bits per heavy atom. The highest BCUT2D eigenvalue weighted by Gasteiger charge is 2.28. The lowest BCUT2D eigenvalue weighted by Gasteiger charge is -2.17. The number of rotatable bonds is 14. The third-order valence-corrected chi connectivity index (χ3v) is 4.00. The van der Waals surface area contributed by atoms with Gasteiger partial charge in [0.05, 0.1) is 39.1 Å². The second-order valence-electron chi connectivity index (χ2n) is 5.69. The average Bonchev–Trinajstić information content (AvgIpc) is 3.35. The van der Waals surface area contributed by atoms with Gasteiger partial charge in [0.15, 0.2) is 0 Å². The Morgan fingerprint density at radius 1 is 1.09 bits per heavy atom. The summed E-state index contributed by atoms with van der Waals surface area (Å²) in [7, 11) is 0. The van der Waals surface area contributed by atoms with Crippen molar-refractivity contribution in [3.05, 3.63) is 0 Å². The van der Waals surface area contributed by atoms with Crippen LogP contribution in [0.25, 0.3) is 0 Å². The molecule has 2 heterocycles. The fourth-order valence-electron chi connectivity index (χ4n) is 2.00. The maximum absolute atomic E-state index is 11.9. The van der Waals surface area contributed by atoms with Gasteiger partial charge >= 0.3 is 5.51 Å². The highest BCUT2D eigenvalue weighted by Crippen LogP contribution is 2.27. The van der Waals surface area contributed by atoms with Crippen LogP contribution in [0.5, 0.6) is 0 Å². The standard InChI is InChI=1S/C14H24F3NO4S/c15-14(16,17)23-18-5-3-1-2-4-11(20-9-13-10-22-13)6-19-7-12-8-21-12/h11-13,18H,1-10H2. The Morgan fingerprint density at radius 2 is 1.78 bits per heavy atom. The quantitative estimate of drug-likeness (QED) is 0.292. The second-order valence-corrected chi connectivity index (χ2v) is 6.65. The zero-order valence-electron chi connectivity index (χ0n) is 13.0. The van der Waals surface area contributed by atoms with Crippen molar-refractivity contribution in [2.75, 3.05) is 39.6 Å². The predicted molar refractivity (Wildman–Crippen MR) is 80.2 cm³/mol. The summed E-state index contributed by atoms with van der Waals surface area (Å²) < 4.78 is 59.6. The molecule has 2 rings (SSSR count). The van der Waals surface area contributed by atoms with E-state index in [9.17, 15) is 13.2 Å². The van der Waals surface area contributed by atoms with Crippen LogP contribution in [0.4, 0.5) is 13.2 Å². The SMILES string of the molecule is FC(F)(F)SNCCCCCC(COCC1CO1)OCC1CO1. The number of hydrogen-bond donors (Lipinski definition) is 1. The lowest BCUT2D eigenvalue weighted by molar-refractivity contribution is -0.0335. The summed E-state index contributed by atoms with van der Waals surface area (Å²) in [6.45, 7) is 3.57. The average molecular weight is 359 g/mol. The zero-order chi connectivity index (χ0) is 16.5. The summed E-state index contributed by atoms with van der Waals surface area (Å²) in [5.41, 5.74) is -4.22. The van der Waals surface area contributed by atoms with Crippen molar-refractivity contribution < 1.29 is 32.1 Å². The number of ether oxygens (including phenoxy) is 4. The second kappa shape index (κ2) is 10.0. The fraction of sp³-hybridized carbons (Fsp3) is 1.00. The van der Waals surface area contributed by atoms with Gasteiger partial charge in [0.1, 0.15) is 12.2 Å². The number of epoxide rings is 2. The van der Waals surface area contributed by atoms with Crippen LogP contribution in [0.2, 0.25) is 0 Å². The first-order valence-corrected chi connectivity index (χ1v) is 8.75. The van der Waals surface area contributed by atoms with Crippen LogP contribution < -0.4 is 4.72 Å². The minimum Gasteiger partial charge on any atom is -0.376 e. The maximum Gasteiger partial charge on any atom is 0.456 e. The van der Waals surface area contributed by atoms with Crippen molar-refractivity contribution in [3.8, 4) is 0 Å². The van der Waals surface area contributed by atoms with E-state index in [1.165, 1.54) is 0 Å². The smallest absolute Gasteiger partial charge is 0.376 e. The fourth-order valence-corrected chi connectivity index (χ4v) is 2.41. The first-order chi connectivity index (χ1) is 11.0. The molecule has 3 atom stereocenters. The number of alkyl halides is 3. The van der Waals surface area contributed by atoms with Gasteiger partial charge in [-0.1, -0.05) is 12.8 Å². The van der Waals surface area contributed by atoms with Gasteiger partial charge in [0.25, 0.3) is 0 Å². The molecular weight excluding hydrogens is 335 g/mol. The normalized spacial score (nSPS) is 24.7. The number of unbranched alkanes of at least 4 members (excludes halogenated alkanes) is 2. The molecule has 2 saturated heterocycles. The molecule has 2 fully saturated rings. The summed E-state index contributed by atoms with van der Waals surface area (Å²) in [5.74, 6) is 0. The molecule has 0 bridgehead atoms.